The lowest BCUT2D eigenvalue weighted by Crippen LogP contribution is -2.11. The normalized spacial score (nSPS) is 16.0. The number of aliphatic carboxylic acids is 1. The average molecular weight is 199 g/mol. The van der Waals surface area contributed by atoms with Crippen molar-refractivity contribution < 1.29 is 9.90 Å². The van der Waals surface area contributed by atoms with Crippen LogP contribution < -0.4 is 0 Å². The van der Waals surface area contributed by atoms with Crippen LogP contribution in [0, 0.1) is 0 Å². The molecule has 0 aromatic heterocycles. The second kappa shape index (κ2) is 4.34. The first-order valence-corrected chi connectivity index (χ1v) is 5.11. The molecule has 1 heterocycles. The lowest BCUT2D eigenvalue weighted by Gasteiger charge is -2.17. The summed E-state index contributed by atoms with van der Waals surface area (Å²) in [5, 5.41) is 9.09. The maximum absolute atomic E-state index is 11.1. The number of allylic oxidation sites excluding steroid dienone is 1. The van der Waals surface area contributed by atoms with Crippen molar-refractivity contribution in [1.82, 2.24) is 0 Å². The van der Waals surface area contributed by atoms with E-state index < -0.39 is 5.97 Å². The van der Waals surface area contributed by atoms with Crippen molar-refractivity contribution in [3.05, 3.63) is 41.5 Å². The SMILES string of the molecule is O=C(O)C1=C(c2ccccc2)CC[B]C1. The summed E-state index contributed by atoms with van der Waals surface area (Å²) in [6.07, 6.45) is 2.40. The van der Waals surface area contributed by atoms with Gasteiger partial charge in [0.2, 0.25) is 0 Å². The van der Waals surface area contributed by atoms with E-state index in [1.165, 1.54) is 0 Å². The minimum atomic E-state index is -0.787. The van der Waals surface area contributed by atoms with Gasteiger partial charge in [-0.2, -0.15) is 0 Å². The van der Waals surface area contributed by atoms with Crippen molar-refractivity contribution in [1.29, 1.82) is 0 Å². The van der Waals surface area contributed by atoms with Gasteiger partial charge in [0, 0.05) is 5.57 Å². The fraction of sp³-hybridized carbons (Fsp3) is 0.250. The molecule has 0 saturated heterocycles. The Kier molecular flexibility index (Phi) is 2.90. The van der Waals surface area contributed by atoms with E-state index in [2.05, 4.69) is 0 Å². The van der Waals surface area contributed by atoms with Crippen LogP contribution in [0.3, 0.4) is 0 Å². The first-order valence-electron chi connectivity index (χ1n) is 5.11. The largest absolute Gasteiger partial charge is 0.478 e. The van der Waals surface area contributed by atoms with E-state index in [9.17, 15) is 4.79 Å². The predicted octanol–water partition coefficient (Wildman–Crippen LogP) is 2.47. The van der Waals surface area contributed by atoms with Crippen LogP contribution in [-0.2, 0) is 4.79 Å². The summed E-state index contributed by atoms with van der Waals surface area (Å²) in [6, 6.07) is 9.78. The molecule has 0 amide bonds. The third-order valence-electron chi connectivity index (χ3n) is 2.69. The van der Waals surface area contributed by atoms with Crippen molar-refractivity contribution in [2.75, 3.05) is 0 Å². The molecule has 0 fully saturated rings. The third-order valence-corrected chi connectivity index (χ3v) is 2.69. The zero-order chi connectivity index (χ0) is 10.7. The summed E-state index contributed by atoms with van der Waals surface area (Å²) in [5.74, 6) is -0.787. The van der Waals surface area contributed by atoms with E-state index in [-0.39, 0.29) is 0 Å². The smallest absolute Gasteiger partial charge is 0.331 e. The van der Waals surface area contributed by atoms with Gasteiger partial charge in [-0.05, 0) is 23.9 Å². The van der Waals surface area contributed by atoms with Gasteiger partial charge < -0.3 is 5.11 Å². The number of carbonyl (C=O) groups is 1. The van der Waals surface area contributed by atoms with Crippen molar-refractivity contribution >= 4 is 18.8 Å². The zero-order valence-electron chi connectivity index (χ0n) is 8.44. The fourth-order valence-corrected chi connectivity index (χ4v) is 1.94. The molecule has 0 spiro atoms. The Morgan fingerprint density at radius 2 is 2.00 bits per heavy atom. The Hall–Kier alpha value is -1.51. The quantitative estimate of drug-likeness (QED) is 0.742. The highest BCUT2D eigenvalue weighted by Gasteiger charge is 2.19. The van der Waals surface area contributed by atoms with E-state index in [0.717, 1.165) is 23.9 Å². The third kappa shape index (κ3) is 2.12. The Morgan fingerprint density at radius 1 is 1.27 bits per heavy atom. The Labute approximate surface area is 89.9 Å². The first-order chi connectivity index (χ1) is 7.29. The molecule has 0 unspecified atom stereocenters. The molecule has 0 aliphatic carbocycles. The Morgan fingerprint density at radius 3 is 2.67 bits per heavy atom. The number of hydrogen-bond acceptors (Lipinski definition) is 1. The van der Waals surface area contributed by atoms with Crippen molar-refractivity contribution in [2.24, 2.45) is 0 Å². The highest BCUT2D eigenvalue weighted by molar-refractivity contribution is 6.39. The van der Waals surface area contributed by atoms with E-state index in [0.29, 0.717) is 11.9 Å². The number of carboxylic acids is 1. The molecule has 1 radical (unpaired) electrons. The minimum absolute atomic E-state index is 0.549. The molecule has 75 valence electrons. The second-order valence-electron chi connectivity index (χ2n) is 3.66. The molecular weight excluding hydrogens is 187 g/mol. The molecule has 1 N–H and O–H groups in total. The highest BCUT2D eigenvalue weighted by Crippen LogP contribution is 2.30. The van der Waals surface area contributed by atoms with Gasteiger partial charge in [0.15, 0.2) is 0 Å². The number of benzene rings is 1. The molecule has 3 heteroatoms. The van der Waals surface area contributed by atoms with Crippen LogP contribution >= 0.6 is 0 Å². The van der Waals surface area contributed by atoms with Crippen molar-refractivity contribution in [2.45, 2.75) is 19.1 Å². The number of carboxylic acid groups (broad SMARTS) is 1. The van der Waals surface area contributed by atoms with Crippen LogP contribution in [0.1, 0.15) is 12.0 Å². The second-order valence-corrected chi connectivity index (χ2v) is 3.66. The number of rotatable bonds is 2. The number of hydrogen-bond donors (Lipinski definition) is 1. The van der Waals surface area contributed by atoms with Gasteiger partial charge in [0.1, 0.15) is 7.28 Å². The molecule has 1 aromatic rings. The van der Waals surface area contributed by atoms with Crippen LogP contribution in [0.2, 0.25) is 12.6 Å². The molecule has 0 saturated carbocycles. The van der Waals surface area contributed by atoms with E-state index in [1.54, 1.807) is 0 Å². The van der Waals surface area contributed by atoms with Gasteiger partial charge in [-0.3, -0.25) is 0 Å². The van der Waals surface area contributed by atoms with Gasteiger partial charge in [-0.25, -0.2) is 4.79 Å². The zero-order valence-corrected chi connectivity index (χ0v) is 8.44. The van der Waals surface area contributed by atoms with E-state index >= 15 is 0 Å². The van der Waals surface area contributed by atoms with Gasteiger partial charge in [0.05, 0.1) is 0 Å². The maximum Gasteiger partial charge on any atom is 0.331 e. The van der Waals surface area contributed by atoms with E-state index in [4.69, 9.17) is 5.11 Å². The minimum Gasteiger partial charge on any atom is -0.478 e. The molecule has 2 rings (SSSR count). The first kappa shape index (κ1) is 10.0. The van der Waals surface area contributed by atoms with E-state index in [1.807, 2.05) is 37.6 Å². The van der Waals surface area contributed by atoms with Crippen LogP contribution in [0.25, 0.3) is 5.57 Å². The van der Waals surface area contributed by atoms with Crippen molar-refractivity contribution in [3.63, 3.8) is 0 Å². The Bertz CT molecular complexity index is 395. The highest BCUT2D eigenvalue weighted by atomic mass is 16.4. The summed E-state index contributed by atoms with van der Waals surface area (Å²) in [4.78, 5) is 11.1. The topological polar surface area (TPSA) is 37.3 Å². The summed E-state index contributed by atoms with van der Waals surface area (Å²) in [6.45, 7) is 0. The molecule has 0 atom stereocenters. The summed E-state index contributed by atoms with van der Waals surface area (Å²) >= 11 is 0. The van der Waals surface area contributed by atoms with Gasteiger partial charge in [-0.1, -0.05) is 36.7 Å². The van der Waals surface area contributed by atoms with Gasteiger partial charge in [0.25, 0.3) is 0 Å². The van der Waals surface area contributed by atoms with Gasteiger partial charge >= 0.3 is 5.97 Å². The van der Waals surface area contributed by atoms with Gasteiger partial charge in [-0.15, -0.1) is 0 Å². The lowest BCUT2D eigenvalue weighted by atomic mass is 9.61. The molecule has 0 bridgehead atoms. The molecule has 1 aromatic carbocycles. The van der Waals surface area contributed by atoms with Crippen molar-refractivity contribution in [3.8, 4) is 0 Å². The maximum atomic E-state index is 11.1. The molecule has 1 aliphatic heterocycles. The fourth-order valence-electron chi connectivity index (χ4n) is 1.94. The Balaban J connectivity index is 2.44. The molecule has 1 aliphatic rings. The summed E-state index contributed by atoms with van der Waals surface area (Å²) in [7, 11) is 2.04. The molecule has 15 heavy (non-hydrogen) atoms. The van der Waals surface area contributed by atoms with Crippen LogP contribution in [0.4, 0.5) is 0 Å². The molecular formula is C12H12BO2. The van der Waals surface area contributed by atoms with Crippen LogP contribution in [0.15, 0.2) is 35.9 Å². The summed E-state index contributed by atoms with van der Waals surface area (Å²) < 4.78 is 0. The molecule has 2 nitrogen and oxygen atoms in total. The predicted molar refractivity (Wildman–Crippen MR) is 61.0 cm³/mol. The van der Waals surface area contributed by atoms with Crippen LogP contribution in [0.5, 0.6) is 0 Å². The van der Waals surface area contributed by atoms with Crippen LogP contribution in [-0.4, -0.2) is 18.4 Å². The average Bonchev–Trinajstić information content (AvgIpc) is 2.30. The standard InChI is InChI=1S/C12H12BO2/c14-12(15)11-8-13-7-6-10(11)9-4-2-1-3-5-9/h1-5H,6-8H2,(H,14,15). The monoisotopic (exact) mass is 199 g/mol. The summed E-state index contributed by atoms with van der Waals surface area (Å²) in [5.41, 5.74) is 2.58. The lowest BCUT2D eigenvalue weighted by molar-refractivity contribution is -0.132.